The number of carboxylic acid groups (broad SMARTS) is 1. The number of rotatable bonds is 6. The van der Waals surface area contributed by atoms with E-state index in [2.05, 4.69) is 22.0 Å². The summed E-state index contributed by atoms with van der Waals surface area (Å²) in [6.07, 6.45) is 0. The van der Waals surface area contributed by atoms with Gasteiger partial charge in [0, 0.05) is 42.6 Å². The van der Waals surface area contributed by atoms with Gasteiger partial charge in [-0.3, -0.25) is 0 Å². The molecule has 0 amide bonds. The molecular formula is C27H29ClN4O3. The lowest BCUT2D eigenvalue weighted by Crippen LogP contribution is -2.51. The molecular weight excluding hydrogens is 464 g/mol. The molecule has 1 heterocycles. The number of aryl methyl sites for hydroxylation is 1. The average Bonchev–Trinajstić information content (AvgIpc) is 2.88. The number of guanidine groups is 1. The average molecular weight is 493 g/mol. The van der Waals surface area contributed by atoms with Crippen molar-refractivity contribution in [3.05, 3.63) is 88.4 Å². The van der Waals surface area contributed by atoms with Gasteiger partial charge in [0.25, 0.3) is 0 Å². The first-order valence-corrected chi connectivity index (χ1v) is 11.8. The zero-order chi connectivity index (χ0) is 24.8. The number of carboxylic acids is 1. The van der Waals surface area contributed by atoms with Crippen LogP contribution in [0, 0.1) is 6.92 Å². The van der Waals surface area contributed by atoms with Crippen LogP contribution in [0.3, 0.4) is 0 Å². The minimum atomic E-state index is -0.948. The second kappa shape index (κ2) is 11.1. The minimum Gasteiger partial charge on any atom is -0.497 e. The minimum absolute atomic E-state index is 0.246. The van der Waals surface area contributed by atoms with Gasteiger partial charge in [0.15, 0.2) is 5.96 Å². The number of halogens is 1. The number of carbonyl (C=O) groups is 1. The highest BCUT2D eigenvalue weighted by molar-refractivity contribution is 6.30. The smallest absolute Gasteiger partial charge is 0.335 e. The molecule has 0 bridgehead atoms. The molecule has 8 heteroatoms. The van der Waals surface area contributed by atoms with Gasteiger partial charge in [-0.2, -0.15) is 0 Å². The molecule has 182 valence electrons. The maximum Gasteiger partial charge on any atom is 0.335 e. The quantitative estimate of drug-likeness (QED) is 0.366. The number of benzene rings is 3. The second-order valence-corrected chi connectivity index (χ2v) is 8.84. The van der Waals surface area contributed by atoms with Crippen LogP contribution in [0.5, 0.6) is 5.75 Å². The molecule has 0 atom stereocenters. The second-order valence-electron chi connectivity index (χ2n) is 8.40. The first-order chi connectivity index (χ1) is 16.9. The number of aliphatic imine (C=N–C) groups is 1. The molecule has 1 saturated heterocycles. The van der Waals surface area contributed by atoms with E-state index in [0.29, 0.717) is 6.54 Å². The maximum absolute atomic E-state index is 11.2. The first kappa shape index (κ1) is 24.4. The Labute approximate surface area is 210 Å². The van der Waals surface area contributed by atoms with E-state index in [-0.39, 0.29) is 5.56 Å². The number of aromatic carboxylic acids is 1. The van der Waals surface area contributed by atoms with Gasteiger partial charge >= 0.3 is 5.97 Å². The Balaban J connectivity index is 1.52. The lowest BCUT2D eigenvalue weighted by atomic mass is 10.1. The number of methoxy groups -OCH3 is 1. The maximum atomic E-state index is 11.2. The molecule has 35 heavy (non-hydrogen) atoms. The Bertz CT molecular complexity index is 1210. The molecule has 0 radical (unpaired) electrons. The lowest BCUT2D eigenvalue weighted by Gasteiger charge is -2.38. The number of hydrogen-bond donors (Lipinski definition) is 2. The summed E-state index contributed by atoms with van der Waals surface area (Å²) < 4.78 is 5.34. The van der Waals surface area contributed by atoms with Crippen molar-refractivity contribution < 1.29 is 14.6 Å². The van der Waals surface area contributed by atoms with Crippen LogP contribution >= 0.6 is 11.6 Å². The summed E-state index contributed by atoms with van der Waals surface area (Å²) in [5.74, 6) is 0.594. The summed E-state index contributed by atoms with van der Waals surface area (Å²) in [6, 6.07) is 20.5. The Morgan fingerprint density at radius 1 is 1.06 bits per heavy atom. The molecule has 1 aliphatic heterocycles. The van der Waals surface area contributed by atoms with Gasteiger partial charge in [-0.1, -0.05) is 29.8 Å². The van der Waals surface area contributed by atoms with Crippen LogP contribution in [0.25, 0.3) is 0 Å². The van der Waals surface area contributed by atoms with Crippen LogP contribution in [0.15, 0.2) is 71.7 Å². The van der Waals surface area contributed by atoms with Crippen molar-refractivity contribution in [1.82, 2.24) is 4.90 Å². The Morgan fingerprint density at radius 3 is 2.49 bits per heavy atom. The standard InChI is InChI=1S/C27H29ClN4O3/c1-19-6-9-22(28)17-25(19)31-12-14-32(15-13-31)27(29-18-20-4-3-5-24(16-20)35-2)30-23-10-7-21(8-11-23)26(33)34/h3-11,16-17H,12-15,18H2,1-2H3,(H,29,30)(H,33,34). The zero-order valence-electron chi connectivity index (χ0n) is 19.9. The fourth-order valence-corrected chi connectivity index (χ4v) is 4.23. The molecule has 4 rings (SSSR count). The molecule has 0 unspecified atom stereocenters. The summed E-state index contributed by atoms with van der Waals surface area (Å²) in [6.45, 7) is 5.81. The molecule has 1 aliphatic rings. The SMILES string of the molecule is COc1cccc(CN=C(Nc2ccc(C(=O)O)cc2)N2CCN(c3cc(Cl)ccc3C)CC2)c1. The van der Waals surface area contributed by atoms with E-state index < -0.39 is 5.97 Å². The first-order valence-electron chi connectivity index (χ1n) is 11.5. The normalized spacial score (nSPS) is 14.1. The van der Waals surface area contributed by atoms with E-state index in [9.17, 15) is 9.90 Å². The third-order valence-electron chi connectivity index (χ3n) is 6.02. The number of anilines is 2. The summed E-state index contributed by atoms with van der Waals surface area (Å²) in [4.78, 5) is 20.7. The van der Waals surface area contributed by atoms with Crippen LogP contribution in [0.2, 0.25) is 5.02 Å². The highest BCUT2D eigenvalue weighted by Gasteiger charge is 2.21. The molecule has 0 saturated carbocycles. The van der Waals surface area contributed by atoms with E-state index in [4.69, 9.17) is 21.3 Å². The van der Waals surface area contributed by atoms with Gasteiger partial charge < -0.3 is 25.0 Å². The molecule has 7 nitrogen and oxygen atoms in total. The Kier molecular flexibility index (Phi) is 7.77. The monoisotopic (exact) mass is 492 g/mol. The summed E-state index contributed by atoms with van der Waals surface area (Å²) in [5.41, 5.74) is 4.43. The van der Waals surface area contributed by atoms with E-state index >= 15 is 0 Å². The largest absolute Gasteiger partial charge is 0.497 e. The molecule has 3 aromatic rings. The van der Waals surface area contributed by atoms with Crippen LogP contribution in [0.1, 0.15) is 21.5 Å². The Morgan fingerprint density at radius 2 is 1.80 bits per heavy atom. The molecule has 0 spiro atoms. The van der Waals surface area contributed by atoms with Crippen molar-refractivity contribution in [1.29, 1.82) is 0 Å². The van der Waals surface area contributed by atoms with Crippen molar-refractivity contribution in [2.45, 2.75) is 13.5 Å². The predicted molar refractivity (Wildman–Crippen MR) is 141 cm³/mol. The summed E-state index contributed by atoms with van der Waals surface area (Å²) in [5, 5.41) is 13.3. The summed E-state index contributed by atoms with van der Waals surface area (Å²) in [7, 11) is 1.65. The predicted octanol–water partition coefficient (Wildman–Crippen LogP) is 5.15. The van der Waals surface area contributed by atoms with E-state index in [0.717, 1.165) is 59.8 Å². The molecule has 3 aromatic carbocycles. The summed E-state index contributed by atoms with van der Waals surface area (Å²) >= 11 is 6.25. The van der Waals surface area contributed by atoms with E-state index in [1.165, 1.54) is 5.56 Å². The Hall–Kier alpha value is -3.71. The number of nitrogens with one attached hydrogen (secondary N) is 1. The van der Waals surface area contributed by atoms with E-state index in [1.807, 2.05) is 42.5 Å². The molecule has 2 N–H and O–H groups in total. The number of piperazine rings is 1. The van der Waals surface area contributed by atoms with Gasteiger partial charge in [0.2, 0.25) is 0 Å². The van der Waals surface area contributed by atoms with Crippen molar-refractivity contribution in [2.24, 2.45) is 4.99 Å². The third-order valence-corrected chi connectivity index (χ3v) is 6.26. The lowest BCUT2D eigenvalue weighted by molar-refractivity contribution is 0.0697. The van der Waals surface area contributed by atoms with E-state index in [1.54, 1.807) is 31.4 Å². The number of nitrogens with zero attached hydrogens (tertiary/aromatic N) is 3. The van der Waals surface area contributed by atoms with Gasteiger partial charge in [0.1, 0.15) is 5.75 Å². The van der Waals surface area contributed by atoms with Crippen molar-refractivity contribution in [2.75, 3.05) is 43.5 Å². The highest BCUT2D eigenvalue weighted by Crippen LogP contribution is 2.25. The van der Waals surface area contributed by atoms with Crippen LogP contribution < -0.4 is 15.0 Å². The van der Waals surface area contributed by atoms with Crippen molar-refractivity contribution in [3.8, 4) is 5.75 Å². The van der Waals surface area contributed by atoms with Crippen LogP contribution in [-0.2, 0) is 6.54 Å². The zero-order valence-corrected chi connectivity index (χ0v) is 20.6. The van der Waals surface area contributed by atoms with Gasteiger partial charge in [0.05, 0.1) is 19.2 Å². The van der Waals surface area contributed by atoms with Crippen LogP contribution in [0.4, 0.5) is 11.4 Å². The highest BCUT2D eigenvalue weighted by atomic mass is 35.5. The van der Waals surface area contributed by atoms with Gasteiger partial charge in [-0.05, 0) is 66.6 Å². The van der Waals surface area contributed by atoms with Crippen LogP contribution in [-0.4, -0.2) is 55.2 Å². The fourth-order valence-electron chi connectivity index (χ4n) is 4.06. The number of ether oxygens (including phenoxy) is 1. The van der Waals surface area contributed by atoms with Gasteiger partial charge in [-0.15, -0.1) is 0 Å². The molecule has 0 aliphatic carbocycles. The van der Waals surface area contributed by atoms with Crippen molar-refractivity contribution >= 4 is 34.9 Å². The third kappa shape index (κ3) is 6.25. The number of hydrogen-bond acceptors (Lipinski definition) is 4. The molecule has 1 fully saturated rings. The fraction of sp³-hybridized carbons (Fsp3) is 0.259. The van der Waals surface area contributed by atoms with Crippen molar-refractivity contribution in [3.63, 3.8) is 0 Å². The molecule has 0 aromatic heterocycles. The van der Waals surface area contributed by atoms with Gasteiger partial charge in [-0.25, -0.2) is 9.79 Å². The topological polar surface area (TPSA) is 77.4 Å².